The van der Waals surface area contributed by atoms with Gasteiger partial charge in [0.1, 0.15) is 5.76 Å². The molecule has 1 fully saturated rings. The van der Waals surface area contributed by atoms with Gasteiger partial charge >= 0.3 is 0 Å². The number of carbonyl (C=O) groups is 1. The maximum absolute atomic E-state index is 12.3. The first-order valence-corrected chi connectivity index (χ1v) is 5.96. The summed E-state index contributed by atoms with van der Waals surface area (Å²) in [4.78, 5) is 14.1. The Labute approximate surface area is 101 Å². The molecular weight excluding hydrogens is 218 g/mol. The Balaban J connectivity index is 2.19. The number of hydrogen-bond donors (Lipinski definition) is 1. The second kappa shape index (κ2) is 4.18. The van der Waals surface area contributed by atoms with Crippen molar-refractivity contribution >= 4 is 5.91 Å². The van der Waals surface area contributed by atoms with E-state index in [1.54, 1.807) is 17.0 Å². The van der Waals surface area contributed by atoms with Gasteiger partial charge in [0.2, 0.25) is 0 Å². The van der Waals surface area contributed by atoms with Gasteiger partial charge in [0.25, 0.3) is 5.91 Å². The minimum atomic E-state index is -0.324. The smallest absolute Gasteiger partial charge is 0.290 e. The Morgan fingerprint density at radius 2 is 2.24 bits per heavy atom. The van der Waals surface area contributed by atoms with Gasteiger partial charge < -0.3 is 14.4 Å². The summed E-state index contributed by atoms with van der Waals surface area (Å²) in [7, 11) is 0. The lowest BCUT2D eigenvalue weighted by Gasteiger charge is -2.43. The molecule has 1 aliphatic rings. The second-order valence-electron chi connectivity index (χ2n) is 5.33. The molecule has 1 amide bonds. The topological polar surface area (TPSA) is 53.7 Å². The number of piperidine rings is 1. The fraction of sp³-hybridized carbons (Fsp3) is 0.615. The standard InChI is InChI=1S/C13H19NO3/c1-9-4-5-11(17-9)12(16)14-7-6-10(15)8-13(14,2)3/h4-5,10,15H,6-8H2,1-3H3. The van der Waals surface area contributed by atoms with Gasteiger partial charge in [-0.25, -0.2) is 0 Å². The zero-order valence-electron chi connectivity index (χ0n) is 10.6. The number of aliphatic hydroxyl groups excluding tert-OH is 1. The number of aliphatic hydroxyl groups is 1. The highest BCUT2D eigenvalue weighted by Gasteiger charge is 2.38. The Hall–Kier alpha value is -1.29. The zero-order chi connectivity index (χ0) is 12.6. The highest BCUT2D eigenvalue weighted by atomic mass is 16.3. The van der Waals surface area contributed by atoms with Crippen LogP contribution in [0.15, 0.2) is 16.5 Å². The molecule has 1 unspecified atom stereocenters. The summed E-state index contributed by atoms with van der Waals surface area (Å²) in [5, 5.41) is 9.66. The van der Waals surface area contributed by atoms with Crippen LogP contribution >= 0.6 is 0 Å². The molecule has 0 bridgehead atoms. The van der Waals surface area contributed by atoms with Crippen molar-refractivity contribution in [3.05, 3.63) is 23.7 Å². The van der Waals surface area contributed by atoms with Gasteiger partial charge in [-0.15, -0.1) is 0 Å². The zero-order valence-corrected chi connectivity index (χ0v) is 10.6. The van der Waals surface area contributed by atoms with Gasteiger partial charge in [-0.3, -0.25) is 4.79 Å². The van der Waals surface area contributed by atoms with Crippen LogP contribution in [0.2, 0.25) is 0 Å². The minimum absolute atomic E-state index is 0.0880. The maximum Gasteiger partial charge on any atom is 0.290 e. The predicted molar refractivity (Wildman–Crippen MR) is 63.8 cm³/mol. The van der Waals surface area contributed by atoms with E-state index in [-0.39, 0.29) is 17.6 Å². The van der Waals surface area contributed by atoms with Crippen molar-refractivity contribution in [1.29, 1.82) is 0 Å². The van der Waals surface area contributed by atoms with Crippen molar-refractivity contribution < 1.29 is 14.3 Å². The molecule has 94 valence electrons. The van der Waals surface area contributed by atoms with E-state index >= 15 is 0 Å². The lowest BCUT2D eigenvalue weighted by atomic mass is 9.88. The maximum atomic E-state index is 12.3. The SMILES string of the molecule is Cc1ccc(C(=O)N2CCC(O)CC2(C)C)o1. The van der Waals surface area contributed by atoms with Crippen LogP contribution in [-0.4, -0.2) is 34.1 Å². The first-order chi connectivity index (χ1) is 7.90. The molecule has 0 aromatic carbocycles. The number of aryl methyl sites for hydroxylation is 1. The van der Waals surface area contributed by atoms with Crippen LogP contribution in [0.5, 0.6) is 0 Å². The van der Waals surface area contributed by atoms with E-state index in [9.17, 15) is 9.90 Å². The lowest BCUT2D eigenvalue weighted by Crippen LogP contribution is -2.54. The van der Waals surface area contributed by atoms with Gasteiger partial charge in [0, 0.05) is 12.1 Å². The van der Waals surface area contributed by atoms with Crippen LogP contribution in [0.4, 0.5) is 0 Å². The molecule has 0 radical (unpaired) electrons. The molecule has 1 aromatic rings. The summed E-state index contributed by atoms with van der Waals surface area (Å²) in [5.74, 6) is 1.03. The van der Waals surface area contributed by atoms with E-state index in [4.69, 9.17) is 4.42 Å². The first kappa shape index (κ1) is 12.2. The molecule has 0 spiro atoms. The molecule has 0 aliphatic carbocycles. The average Bonchev–Trinajstić information content (AvgIpc) is 2.62. The van der Waals surface area contributed by atoms with E-state index in [2.05, 4.69) is 0 Å². The molecule has 2 rings (SSSR count). The number of furan rings is 1. The van der Waals surface area contributed by atoms with Crippen molar-refractivity contribution in [2.75, 3.05) is 6.54 Å². The van der Waals surface area contributed by atoms with Crippen LogP contribution in [0, 0.1) is 6.92 Å². The number of hydrogen-bond acceptors (Lipinski definition) is 3. The predicted octanol–water partition coefficient (Wildman–Crippen LogP) is 1.96. The molecule has 2 heterocycles. The Bertz CT molecular complexity index is 422. The van der Waals surface area contributed by atoms with E-state index in [1.807, 2.05) is 20.8 Å². The molecule has 4 heteroatoms. The average molecular weight is 237 g/mol. The van der Waals surface area contributed by atoms with Crippen molar-refractivity contribution in [3.8, 4) is 0 Å². The normalized spacial score (nSPS) is 23.8. The highest BCUT2D eigenvalue weighted by Crippen LogP contribution is 2.29. The third kappa shape index (κ3) is 2.36. The second-order valence-corrected chi connectivity index (χ2v) is 5.33. The molecule has 1 aromatic heterocycles. The number of nitrogens with zero attached hydrogens (tertiary/aromatic N) is 1. The van der Waals surface area contributed by atoms with E-state index in [0.717, 1.165) is 5.76 Å². The molecule has 4 nitrogen and oxygen atoms in total. The van der Waals surface area contributed by atoms with Gasteiger partial charge in [0.05, 0.1) is 6.10 Å². The Morgan fingerprint density at radius 1 is 1.53 bits per heavy atom. The number of likely N-dealkylation sites (tertiary alicyclic amines) is 1. The van der Waals surface area contributed by atoms with Crippen molar-refractivity contribution in [3.63, 3.8) is 0 Å². The van der Waals surface area contributed by atoms with Crippen LogP contribution in [0.1, 0.15) is 43.0 Å². The quantitative estimate of drug-likeness (QED) is 0.812. The molecule has 1 aliphatic heterocycles. The Kier molecular flexibility index (Phi) is 3.00. The largest absolute Gasteiger partial charge is 0.456 e. The van der Waals surface area contributed by atoms with Crippen molar-refractivity contribution in [2.45, 2.75) is 45.3 Å². The summed E-state index contributed by atoms with van der Waals surface area (Å²) >= 11 is 0. The van der Waals surface area contributed by atoms with E-state index < -0.39 is 0 Å². The number of rotatable bonds is 1. The van der Waals surface area contributed by atoms with Crippen molar-refractivity contribution in [2.24, 2.45) is 0 Å². The van der Waals surface area contributed by atoms with Crippen LogP contribution < -0.4 is 0 Å². The third-order valence-corrected chi connectivity index (χ3v) is 3.35. The fourth-order valence-corrected chi connectivity index (χ4v) is 2.43. The van der Waals surface area contributed by atoms with Gasteiger partial charge in [-0.1, -0.05) is 0 Å². The molecule has 17 heavy (non-hydrogen) atoms. The number of amides is 1. The summed E-state index contributed by atoms with van der Waals surface area (Å²) in [6.45, 7) is 6.35. The highest BCUT2D eigenvalue weighted by molar-refractivity contribution is 5.92. The first-order valence-electron chi connectivity index (χ1n) is 5.96. The van der Waals surface area contributed by atoms with E-state index in [0.29, 0.717) is 25.1 Å². The lowest BCUT2D eigenvalue weighted by molar-refractivity contribution is 0.00136. The Morgan fingerprint density at radius 3 is 2.76 bits per heavy atom. The summed E-state index contributed by atoms with van der Waals surface area (Å²) in [5.41, 5.74) is -0.324. The minimum Gasteiger partial charge on any atom is -0.456 e. The summed E-state index contributed by atoms with van der Waals surface area (Å²) < 4.78 is 5.36. The van der Waals surface area contributed by atoms with Crippen LogP contribution in [-0.2, 0) is 0 Å². The number of carbonyl (C=O) groups excluding carboxylic acids is 1. The van der Waals surface area contributed by atoms with Crippen LogP contribution in [0.3, 0.4) is 0 Å². The monoisotopic (exact) mass is 237 g/mol. The third-order valence-electron chi connectivity index (χ3n) is 3.35. The summed E-state index contributed by atoms with van der Waals surface area (Å²) in [6.07, 6.45) is 0.931. The molecule has 0 saturated carbocycles. The molecule has 1 saturated heterocycles. The molecule has 1 atom stereocenters. The fourth-order valence-electron chi connectivity index (χ4n) is 2.43. The van der Waals surface area contributed by atoms with Gasteiger partial charge in [0.15, 0.2) is 5.76 Å². The van der Waals surface area contributed by atoms with Crippen molar-refractivity contribution in [1.82, 2.24) is 4.90 Å². The van der Waals surface area contributed by atoms with Gasteiger partial charge in [-0.05, 0) is 45.7 Å². The summed E-state index contributed by atoms with van der Waals surface area (Å²) in [6, 6.07) is 3.50. The van der Waals surface area contributed by atoms with Crippen LogP contribution in [0.25, 0.3) is 0 Å². The van der Waals surface area contributed by atoms with E-state index in [1.165, 1.54) is 0 Å². The molecular formula is C13H19NO3. The van der Waals surface area contributed by atoms with Gasteiger partial charge in [-0.2, -0.15) is 0 Å². The molecule has 1 N–H and O–H groups in total.